The summed E-state index contributed by atoms with van der Waals surface area (Å²) in [5, 5.41) is 0. The van der Waals surface area contributed by atoms with Gasteiger partial charge in [-0.2, -0.15) is 0 Å². The summed E-state index contributed by atoms with van der Waals surface area (Å²) in [5.41, 5.74) is 2.49. The molecular weight excluding hydrogens is 281 g/mol. The smallest absolute Gasteiger partial charge is 0.358 e. The van der Waals surface area contributed by atoms with Gasteiger partial charge in [0, 0.05) is 7.05 Å². The van der Waals surface area contributed by atoms with E-state index >= 15 is 0 Å². The molecule has 1 aromatic carbocycles. The summed E-state index contributed by atoms with van der Waals surface area (Å²) in [6.45, 7) is 2.27. The van der Waals surface area contributed by atoms with Crippen molar-refractivity contribution >= 4 is 25.2 Å². The van der Waals surface area contributed by atoms with Crippen molar-refractivity contribution in [2.75, 3.05) is 13.7 Å². The van der Waals surface area contributed by atoms with E-state index < -0.39 is 5.97 Å². The van der Waals surface area contributed by atoms with Crippen molar-refractivity contribution in [3.63, 3.8) is 0 Å². The second-order valence-electron chi connectivity index (χ2n) is 5.07. The van der Waals surface area contributed by atoms with Crippen LogP contribution in [0.15, 0.2) is 24.5 Å². The first-order valence-electron chi connectivity index (χ1n) is 6.91. The molecule has 0 atom stereocenters. The molecule has 1 aliphatic heterocycles. The maximum absolute atomic E-state index is 12.5. The normalized spacial score (nSPS) is 13.4. The van der Waals surface area contributed by atoms with Crippen LogP contribution in [0.4, 0.5) is 0 Å². The topological polar surface area (TPSA) is 64.4 Å². The van der Waals surface area contributed by atoms with Crippen LogP contribution in [0.5, 0.6) is 0 Å². The Bertz CT molecular complexity index is 769. The quantitative estimate of drug-likeness (QED) is 0.595. The van der Waals surface area contributed by atoms with Crippen molar-refractivity contribution in [2.24, 2.45) is 0 Å². The average Bonchev–Trinajstić information content (AvgIpc) is 2.86. The summed E-state index contributed by atoms with van der Waals surface area (Å²) in [6, 6.07) is 5.10. The summed E-state index contributed by atoms with van der Waals surface area (Å²) in [6.07, 6.45) is 1.53. The van der Waals surface area contributed by atoms with Gasteiger partial charge in [-0.15, -0.1) is 0 Å². The Balaban J connectivity index is 2.20. The predicted molar refractivity (Wildman–Crippen MR) is 80.7 cm³/mol. The highest BCUT2D eigenvalue weighted by molar-refractivity contribution is 6.32. The van der Waals surface area contributed by atoms with E-state index in [9.17, 15) is 9.59 Å². The average molecular weight is 295 g/mol. The summed E-state index contributed by atoms with van der Waals surface area (Å²) in [7, 11) is 7.46. The van der Waals surface area contributed by atoms with E-state index in [1.54, 1.807) is 36.7 Å². The number of rotatable bonds is 2. The second kappa shape index (κ2) is 5.33. The largest absolute Gasteiger partial charge is 0.461 e. The molecule has 110 valence electrons. The third kappa shape index (κ3) is 2.18. The number of esters is 1. The van der Waals surface area contributed by atoms with Crippen molar-refractivity contribution in [3.05, 3.63) is 41.5 Å². The molecule has 6 nitrogen and oxygen atoms in total. The van der Waals surface area contributed by atoms with Crippen LogP contribution in [0.1, 0.15) is 33.5 Å². The molecule has 2 heterocycles. The van der Waals surface area contributed by atoms with Crippen molar-refractivity contribution in [3.8, 4) is 5.69 Å². The molecule has 3 rings (SSSR count). The minimum atomic E-state index is -0.490. The summed E-state index contributed by atoms with van der Waals surface area (Å²) in [5.74, 6) is -0.642. The highest BCUT2D eigenvalue weighted by Gasteiger charge is 2.28. The first-order valence-corrected chi connectivity index (χ1v) is 6.91. The fourth-order valence-electron chi connectivity index (χ4n) is 2.54. The van der Waals surface area contributed by atoms with E-state index in [1.807, 2.05) is 0 Å². The van der Waals surface area contributed by atoms with E-state index in [1.165, 1.54) is 11.2 Å². The number of benzene rings is 1. The zero-order valence-electron chi connectivity index (χ0n) is 12.4. The van der Waals surface area contributed by atoms with Gasteiger partial charge in [-0.25, -0.2) is 9.78 Å². The number of carbonyl (C=O) groups excluding carboxylic acids is 2. The number of aromatic nitrogens is 2. The number of fused-ring (bicyclic) bond motifs is 3. The van der Waals surface area contributed by atoms with Gasteiger partial charge in [-0.05, 0) is 13.0 Å². The van der Waals surface area contributed by atoms with Gasteiger partial charge in [0.25, 0.3) is 5.91 Å². The van der Waals surface area contributed by atoms with Gasteiger partial charge in [0.2, 0.25) is 0 Å². The highest BCUT2D eigenvalue weighted by atomic mass is 16.5. The molecule has 0 fully saturated rings. The van der Waals surface area contributed by atoms with Crippen molar-refractivity contribution in [1.82, 2.24) is 14.5 Å². The lowest BCUT2D eigenvalue weighted by Gasteiger charge is -2.14. The lowest BCUT2D eigenvalue weighted by atomic mass is 9.93. The third-order valence-electron chi connectivity index (χ3n) is 3.58. The fraction of sp³-hybridized carbons (Fsp3) is 0.267. The number of ether oxygens (including phenoxy) is 1. The number of hydrogen-bond acceptors (Lipinski definition) is 4. The molecule has 22 heavy (non-hydrogen) atoms. The lowest BCUT2D eigenvalue weighted by Crippen LogP contribution is -2.26. The maximum Gasteiger partial charge on any atom is 0.358 e. The van der Waals surface area contributed by atoms with Crippen molar-refractivity contribution in [1.29, 1.82) is 0 Å². The van der Waals surface area contributed by atoms with Crippen LogP contribution < -0.4 is 5.46 Å². The zero-order chi connectivity index (χ0) is 15.9. The minimum absolute atomic E-state index is 0.152. The first kappa shape index (κ1) is 14.4. The number of imidazole rings is 1. The van der Waals surface area contributed by atoms with Gasteiger partial charge in [-0.1, -0.05) is 17.6 Å². The van der Waals surface area contributed by atoms with E-state index in [2.05, 4.69) is 4.98 Å². The summed E-state index contributed by atoms with van der Waals surface area (Å²) >= 11 is 0. The molecule has 0 aliphatic carbocycles. The molecule has 0 saturated carbocycles. The lowest BCUT2D eigenvalue weighted by molar-refractivity contribution is 0.0516. The fourth-order valence-corrected chi connectivity index (χ4v) is 2.54. The molecule has 2 aromatic rings. The Morgan fingerprint density at radius 2 is 2.23 bits per heavy atom. The monoisotopic (exact) mass is 295 g/mol. The molecule has 0 spiro atoms. The van der Waals surface area contributed by atoms with Gasteiger partial charge in [-0.3, -0.25) is 9.36 Å². The number of amides is 1. The molecule has 0 unspecified atom stereocenters. The first-order chi connectivity index (χ1) is 10.5. The van der Waals surface area contributed by atoms with Gasteiger partial charge in [0.1, 0.15) is 14.2 Å². The third-order valence-corrected chi connectivity index (χ3v) is 3.58. The molecular formula is C15H14BN3O3. The van der Waals surface area contributed by atoms with Crippen LogP contribution in [-0.2, 0) is 11.3 Å². The van der Waals surface area contributed by atoms with Crippen LogP contribution in [-0.4, -0.2) is 47.8 Å². The molecule has 0 bridgehead atoms. The zero-order valence-corrected chi connectivity index (χ0v) is 12.4. The Kier molecular flexibility index (Phi) is 3.48. The van der Waals surface area contributed by atoms with E-state index in [0.29, 0.717) is 22.4 Å². The Hall–Kier alpha value is -2.57. The predicted octanol–water partition coefficient (Wildman–Crippen LogP) is 0.428. The van der Waals surface area contributed by atoms with E-state index in [0.717, 1.165) is 0 Å². The second-order valence-corrected chi connectivity index (χ2v) is 5.07. The SMILES string of the molecule is [B]c1ccc2c(c1)C(=O)N(C)Cc1c(C(=O)OCC)ncn1-2. The minimum Gasteiger partial charge on any atom is -0.461 e. The van der Waals surface area contributed by atoms with Gasteiger partial charge < -0.3 is 9.64 Å². The van der Waals surface area contributed by atoms with Gasteiger partial charge in [0.05, 0.1) is 30.1 Å². The molecule has 1 amide bonds. The molecule has 7 heteroatoms. The molecule has 0 N–H and O–H groups in total. The van der Waals surface area contributed by atoms with Crippen molar-refractivity contribution in [2.45, 2.75) is 13.5 Å². The van der Waals surface area contributed by atoms with Gasteiger partial charge in [0.15, 0.2) is 5.69 Å². The maximum atomic E-state index is 12.5. The summed E-state index contributed by atoms with van der Waals surface area (Å²) in [4.78, 5) is 30.2. The van der Waals surface area contributed by atoms with Crippen molar-refractivity contribution < 1.29 is 14.3 Å². The van der Waals surface area contributed by atoms with Crippen LogP contribution in [0.2, 0.25) is 0 Å². The Labute approximate surface area is 129 Å². The Morgan fingerprint density at radius 1 is 1.45 bits per heavy atom. The van der Waals surface area contributed by atoms with Crippen LogP contribution in [0.3, 0.4) is 0 Å². The molecule has 1 aromatic heterocycles. The standard InChI is InChI=1S/C15H14BN3O3/c1-3-22-15(21)13-12-7-18(2)14(20)10-6-9(16)4-5-11(10)19(12)8-17-13/h4-6,8H,3,7H2,1-2H3. The van der Waals surface area contributed by atoms with E-state index in [4.69, 9.17) is 12.6 Å². The van der Waals surface area contributed by atoms with Crippen LogP contribution in [0.25, 0.3) is 5.69 Å². The number of carbonyl (C=O) groups is 2. The van der Waals surface area contributed by atoms with Crippen LogP contribution in [0, 0.1) is 0 Å². The summed E-state index contributed by atoms with van der Waals surface area (Å²) < 4.78 is 6.76. The van der Waals surface area contributed by atoms with E-state index in [-0.39, 0.29) is 24.8 Å². The molecule has 0 saturated heterocycles. The Morgan fingerprint density at radius 3 is 2.95 bits per heavy atom. The van der Waals surface area contributed by atoms with Gasteiger partial charge >= 0.3 is 5.97 Å². The molecule has 2 radical (unpaired) electrons. The molecule has 1 aliphatic rings. The number of nitrogens with zero attached hydrogens (tertiary/aromatic N) is 3. The highest BCUT2D eigenvalue weighted by Crippen LogP contribution is 2.25. The van der Waals surface area contributed by atoms with Crippen LogP contribution >= 0.6 is 0 Å². The number of hydrogen-bond donors (Lipinski definition) is 0.